The summed E-state index contributed by atoms with van der Waals surface area (Å²) in [6.45, 7) is 21.5. The highest BCUT2D eigenvalue weighted by molar-refractivity contribution is 6.78. The molecular formula is C44H61ClN8O3Si. The van der Waals surface area contributed by atoms with E-state index in [4.69, 9.17) is 31.5 Å². The SMILES string of the molecule is CC(C)[Si](Oc1ccc(N=C(C=C(N)C(C)(C)C)NC(=O)N[C@H]2CC[C@@H](Oc3ccc4nnc(N5CCCCC5)n4c3)c3ccccc32)cc1Cl)(C(C)C)C(C)C. The number of halogens is 1. The van der Waals surface area contributed by atoms with Gasteiger partial charge in [0.25, 0.3) is 8.32 Å². The molecule has 2 amide bonds. The number of amides is 2. The van der Waals surface area contributed by atoms with Crippen molar-refractivity contribution in [2.75, 3.05) is 18.0 Å². The van der Waals surface area contributed by atoms with Crippen LogP contribution in [-0.4, -0.2) is 47.9 Å². The average molecular weight is 814 g/mol. The Kier molecular flexibility index (Phi) is 12.9. The van der Waals surface area contributed by atoms with E-state index >= 15 is 0 Å². The van der Waals surface area contributed by atoms with Crippen molar-refractivity contribution < 1.29 is 14.0 Å². The van der Waals surface area contributed by atoms with Gasteiger partial charge in [0.2, 0.25) is 5.95 Å². The van der Waals surface area contributed by atoms with Gasteiger partial charge in [-0.2, -0.15) is 0 Å². The van der Waals surface area contributed by atoms with Crippen LogP contribution in [0.25, 0.3) is 5.65 Å². The number of rotatable bonds is 11. The Morgan fingerprint density at radius 2 is 1.63 bits per heavy atom. The summed E-state index contributed by atoms with van der Waals surface area (Å²) < 4.78 is 15.6. The lowest BCUT2D eigenvalue weighted by Crippen LogP contribution is -2.50. The molecular weight excluding hydrogens is 752 g/mol. The van der Waals surface area contributed by atoms with E-state index in [-0.39, 0.29) is 23.6 Å². The smallest absolute Gasteiger partial charge is 0.320 e. The van der Waals surface area contributed by atoms with Crippen molar-refractivity contribution in [1.29, 1.82) is 0 Å². The number of allylic oxidation sites excluding steroid dienone is 1. The number of aliphatic imine (C=N–C) groups is 1. The van der Waals surface area contributed by atoms with Crippen molar-refractivity contribution in [2.45, 2.75) is 123 Å². The number of urea groups is 1. The number of pyridine rings is 1. The van der Waals surface area contributed by atoms with E-state index in [2.05, 4.69) is 79.4 Å². The van der Waals surface area contributed by atoms with E-state index in [1.54, 1.807) is 12.1 Å². The number of hydrogen-bond acceptors (Lipinski definition) is 8. The number of aromatic nitrogens is 3. The molecule has 1 aliphatic heterocycles. The molecule has 3 heterocycles. The molecule has 2 aromatic carbocycles. The zero-order chi connectivity index (χ0) is 41.1. The highest BCUT2D eigenvalue weighted by atomic mass is 35.5. The van der Waals surface area contributed by atoms with E-state index in [1.165, 1.54) is 6.42 Å². The van der Waals surface area contributed by atoms with E-state index in [1.807, 2.05) is 67.8 Å². The van der Waals surface area contributed by atoms with Crippen LogP contribution < -0.4 is 30.4 Å². The molecule has 1 saturated heterocycles. The fraction of sp³-hybridized carbons (Fsp3) is 0.500. The van der Waals surface area contributed by atoms with Crippen molar-refractivity contribution in [1.82, 2.24) is 25.2 Å². The minimum Gasteiger partial charge on any atom is -0.542 e. The standard InChI is InChI=1S/C44H61ClN8O3Si/c1-28(2)57(29(3)4,30(5)6)56-38-20-17-31(25-35(38)45)47-40(26-39(46)44(7,8)9)49-42(54)48-36-19-21-37(34-16-12-11-15-33(34)36)55-32-18-22-41-50-51-43(53(41)27-32)52-23-13-10-14-24-52/h11-12,15-18,20,22,25-30,36-37H,10,13-14,19,21,23-24,46H2,1-9H3,(H2,47,48,49,54)/t36-,37+/m0/s1. The van der Waals surface area contributed by atoms with Gasteiger partial charge >= 0.3 is 6.03 Å². The molecule has 11 nitrogen and oxygen atoms in total. The van der Waals surface area contributed by atoms with Crippen LogP contribution in [0.1, 0.15) is 118 Å². The van der Waals surface area contributed by atoms with Crippen molar-refractivity contribution in [3.8, 4) is 11.5 Å². The van der Waals surface area contributed by atoms with Gasteiger partial charge in [-0.25, -0.2) is 9.79 Å². The Balaban J connectivity index is 1.20. The molecule has 0 radical (unpaired) electrons. The van der Waals surface area contributed by atoms with Gasteiger partial charge in [0.1, 0.15) is 23.4 Å². The van der Waals surface area contributed by atoms with Gasteiger partial charge in [0.05, 0.1) is 22.9 Å². The number of carbonyl (C=O) groups excluding carboxylic acids is 1. The van der Waals surface area contributed by atoms with Gasteiger partial charge < -0.3 is 25.1 Å². The lowest BCUT2D eigenvalue weighted by molar-refractivity contribution is 0.171. The summed E-state index contributed by atoms with van der Waals surface area (Å²) in [7, 11) is -2.23. The third-order valence-electron chi connectivity index (χ3n) is 11.6. The number of nitrogens with one attached hydrogen (secondary N) is 2. The molecule has 4 aromatic rings. The summed E-state index contributed by atoms with van der Waals surface area (Å²) in [5.41, 5.74) is 11.4. The molecule has 6 rings (SSSR count). The normalized spacial score (nSPS) is 18.3. The van der Waals surface area contributed by atoms with Crippen LogP contribution >= 0.6 is 11.6 Å². The van der Waals surface area contributed by atoms with Crippen LogP contribution in [0.15, 0.2) is 77.6 Å². The molecule has 0 spiro atoms. The fourth-order valence-corrected chi connectivity index (χ4v) is 14.1. The third kappa shape index (κ3) is 9.44. The maximum atomic E-state index is 13.8. The Morgan fingerprint density at radius 1 is 0.947 bits per heavy atom. The van der Waals surface area contributed by atoms with Crippen LogP contribution in [0.2, 0.25) is 21.6 Å². The number of anilines is 1. The highest BCUT2D eigenvalue weighted by Gasteiger charge is 2.47. The van der Waals surface area contributed by atoms with Gasteiger partial charge in [-0.05, 0) is 90.2 Å². The second kappa shape index (κ2) is 17.5. The number of fused-ring (bicyclic) bond motifs is 2. The molecule has 2 aliphatic rings. The lowest BCUT2D eigenvalue weighted by atomic mass is 9.85. The van der Waals surface area contributed by atoms with E-state index in [0.717, 1.165) is 54.4 Å². The summed E-state index contributed by atoms with van der Waals surface area (Å²) in [4.78, 5) is 20.9. The number of nitrogens with two attached hydrogens (primary N) is 1. The number of nitrogens with zero attached hydrogens (tertiary/aromatic N) is 5. The Labute approximate surface area is 344 Å². The minimum absolute atomic E-state index is 0.188. The first-order valence-electron chi connectivity index (χ1n) is 20.5. The van der Waals surface area contributed by atoms with Crippen LogP contribution in [0.4, 0.5) is 16.4 Å². The van der Waals surface area contributed by atoms with Gasteiger partial charge in [0.15, 0.2) is 5.65 Å². The number of benzene rings is 2. The molecule has 57 heavy (non-hydrogen) atoms. The Bertz CT molecular complexity index is 2080. The van der Waals surface area contributed by atoms with Crippen molar-refractivity contribution in [3.63, 3.8) is 0 Å². The first kappa shape index (κ1) is 42.1. The van der Waals surface area contributed by atoms with Gasteiger partial charge in [-0.15, -0.1) is 10.2 Å². The summed E-state index contributed by atoms with van der Waals surface area (Å²) >= 11 is 6.89. The largest absolute Gasteiger partial charge is 0.542 e. The van der Waals surface area contributed by atoms with Crippen LogP contribution in [0.3, 0.4) is 0 Å². The zero-order valence-corrected chi connectivity index (χ0v) is 36.9. The monoisotopic (exact) mass is 812 g/mol. The predicted octanol–water partition coefficient (Wildman–Crippen LogP) is 10.8. The molecule has 13 heteroatoms. The maximum absolute atomic E-state index is 13.8. The quantitative estimate of drug-likeness (QED) is 0.0780. The highest BCUT2D eigenvalue weighted by Crippen LogP contribution is 2.45. The molecule has 0 bridgehead atoms. The number of hydrogen-bond donors (Lipinski definition) is 3. The number of piperidine rings is 1. The van der Waals surface area contributed by atoms with Gasteiger partial charge in [0, 0.05) is 30.3 Å². The van der Waals surface area contributed by atoms with E-state index in [9.17, 15) is 4.79 Å². The topological polar surface area (TPSA) is 131 Å². The van der Waals surface area contributed by atoms with Crippen molar-refractivity contribution in [3.05, 3.63) is 88.7 Å². The summed E-state index contributed by atoms with van der Waals surface area (Å²) in [6, 6.07) is 17.0. The molecule has 1 aliphatic carbocycles. The first-order valence-corrected chi connectivity index (χ1v) is 23.1. The fourth-order valence-electron chi connectivity index (χ4n) is 8.52. The number of amidine groups is 1. The van der Waals surface area contributed by atoms with Crippen molar-refractivity contribution in [2.24, 2.45) is 16.1 Å². The van der Waals surface area contributed by atoms with Gasteiger partial charge in [-0.1, -0.05) is 98.2 Å². The lowest BCUT2D eigenvalue weighted by Gasteiger charge is -2.42. The van der Waals surface area contributed by atoms with E-state index < -0.39 is 8.32 Å². The number of carbonyl (C=O) groups is 1. The molecule has 0 unspecified atom stereocenters. The molecule has 0 saturated carbocycles. The summed E-state index contributed by atoms with van der Waals surface area (Å²) in [5.74, 6) is 2.57. The van der Waals surface area contributed by atoms with Crippen molar-refractivity contribution >= 4 is 49.1 Å². The Morgan fingerprint density at radius 3 is 2.28 bits per heavy atom. The zero-order valence-electron chi connectivity index (χ0n) is 35.1. The predicted molar refractivity (Wildman–Crippen MR) is 234 cm³/mol. The average Bonchev–Trinajstić information content (AvgIpc) is 3.58. The maximum Gasteiger partial charge on any atom is 0.320 e. The Hall–Kier alpha value is -4.55. The third-order valence-corrected chi connectivity index (χ3v) is 17.9. The van der Waals surface area contributed by atoms with Gasteiger partial charge in [-0.3, -0.25) is 9.72 Å². The van der Waals surface area contributed by atoms with Crippen LogP contribution in [0.5, 0.6) is 11.5 Å². The molecule has 2 aromatic heterocycles. The molecule has 306 valence electrons. The second-order valence-electron chi connectivity index (χ2n) is 17.5. The van der Waals surface area contributed by atoms with E-state index in [0.29, 0.717) is 57.5 Å². The molecule has 4 N–H and O–H groups in total. The summed E-state index contributed by atoms with van der Waals surface area (Å²) in [6.07, 6.45) is 8.46. The van der Waals surface area contributed by atoms with Crippen LogP contribution in [0, 0.1) is 5.41 Å². The molecule has 2 atom stereocenters. The van der Waals surface area contributed by atoms with Crippen LogP contribution in [-0.2, 0) is 0 Å². The molecule has 1 fully saturated rings. The number of ether oxygens (including phenoxy) is 1. The second-order valence-corrected chi connectivity index (χ2v) is 23.3. The summed E-state index contributed by atoms with van der Waals surface area (Å²) in [5, 5.41) is 15.6. The first-order chi connectivity index (χ1) is 27.1. The minimum atomic E-state index is -2.23.